The molecule has 4 saturated carbocycles. The quantitative estimate of drug-likeness (QED) is 0.0628. The monoisotopic (exact) mass is 880 g/mol. The summed E-state index contributed by atoms with van der Waals surface area (Å²) in [4.78, 5) is 75.4. The summed E-state index contributed by atoms with van der Waals surface area (Å²) in [6, 6.07) is 0. The van der Waals surface area contributed by atoms with E-state index < -0.39 is 54.1 Å². The molecule has 3 unspecified atom stereocenters. The van der Waals surface area contributed by atoms with Crippen LogP contribution in [0.1, 0.15) is 91.4 Å². The fourth-order valence-corrected chi connectivity index (χ4v) is 12.6. The topological polar surface area (TPSA) is 273 Å². The lowest BCUT2D eigenvalue weighted by molar-refractivity contribution is -0.208. The van der Waals surface area contributed by atoms with Gasteiger partial charge in [-0.05, 0) is 111 Å². The van der Waals surface area contributed by atoms with Crippen LogP contribution in [0.4, 0.5) is 0 Å². The van der Waals surface area contributed by atoms with E-state index in [4.69, 9.17) is 0 Å². The van der Waals surface area contributed by atoms with Crippen molar-refractivity contribution in [3.8, 4) is 0 Å². The van der Waals surface area contributed by atoms with Crippen molar-refractivity contribution in [2.45, 2.75) is 103 Å². The maximum atomic E-state index is 13.1. The number of nitrogens with one attached hydrogen (secondary N) is 3. The van der Waals surface area contributed by atoms with E-state index in [1.807, 2.05) is 0 Å². The summed E-state index contributed by atoms with van der Waals surface area (Å²) in [6.45, 7) is 7.46. The fraction of sp³-hybridized carbons (Fsp3) is 0.860. The Morgan fingerprint density at radius 1 is 0.677 bits per heavy atom. The van der Waals surface area contributed by atoms with Crippen molar-refractivity contribution < 1.29 is 59.4 Å². The molecule has 0 spiro atoms. The van der Waals surface area contributed by atoms with Crippen LogP contribution in [-0.2, 0) is 28.8 Å². The highest BCUT2D eigenvalue weighted by molar-refractivity contribution is 5.79. The minimum atomic E-state index is -1.75. The Bertz CT molecular complexity index is 1610. The Balaban J connectivity index is 1.06. The van der Waals surface area contributed by atoms with E-state index in [9.17, 15) is 59.4 Å². The molecule has 2 amide bonds. The van der Waals surface area contributed by atoms with Crippen LogP contribution in [0.2, 0.25) is 0 Å². The molecule has 0 radical (unpaired) electrons. The van der Waals surface area contributed by atoms with E-state index in [1.165, 1.54) is 5.01 Å². The van der Waals surface area contributed by atoms with E-state index >= 15 is 0 Å². The minimum Gasteiger partial charge on any atom is -0.481 e. The maximum Gasteiger partial charge on any atom is 0.319 e. The Morgan fingerprint density at radius 2 is 1.27 bits per heavy atom. The van der Waals surface area contributed by atoms with Crippen LogP contribution in [0.3, 0.4) is 0 Å². The Labute approximate surface area is 364 Å². The van der Waals surface area contributed by atoms with Gasteiger partial charge in [0.1, 0.15) is 12.6 Å². The molecule has 1 heterocycles. The average molecular weight is 880 g/mol. The molecule has 5 aliphatic rings. The number of carbonyl (C=O) groups excluding carboxylic acids is 2. The lowest BCUT2D eigenvalue weighted by Gasteiger charge is -2.63. The number of carbonyl (C=O) groups is 6. The Morgan fingerprint density at radius 3 is 1.89 bits per heavy atom. The van der Waals surface area contributed by atoms with E-state index in [0.717, 1.165) is 38.5 Å². The molecular formula is C43H73N7O12. The van der Waals surface area contributed by atoms with Crippen LogP contribution in [0.25, 0.3) is 0 Å². The smallest absolute Gasteiger partial charge is 0.319 e. The molecule has 1 saturated heterocycles. The number of nitrogens with zero attached hydrogens (tertiary/aromatic N) is 4. The second-order valence-corrected chi connectivity index (χ2v) is 19.6. The summed E-state index contributed by atoms with van der Waals surface area (Å²) in [6.07, 6.45) is 7.32. The van der Waals surface area contributed by atoms with E-state index in [1.54, 1.807) is 14.8 Å². The van der Waals surface area contributed by atoms with Crippen molar-refractivity contribution in [2.24, 2.45) is 46.3 Å². The number of aliphatic hydroxyl groups excluding tert-OH is 1. The summed E-state index contributed by atoms with van der Waals surface area (Å²) >= 11 is 0. The first-order valence-electron chi connectivity index (χ1n) is 22.7. The highest BCUT2D eigenvalue weighted by Gasteiger charge is 2.63. The molecule has 9 N–H and O–H groups in total. The standard InChI is InChI=1S/C43H73N7O12/c1-28(5-10-37(54)55)31-8-9-32-30-7-6-29-21-43(62,34(51)22-42(29,3)33(30)11-12-41(31,32)2)46-35(52)23-44-13-4-14-45-36(53)24-49-19-17-47(25-38(56)57)15-16-48(26-39(58)59)18-20-50(49)27-40(60)61/h28-34,44,51,62H,4-27H2,1-3H3,(H,45,53)(H,46,52)(H,54,55)(H,56,57)(H,58,59)(H,60,61)/t28-,29?,30+,31-,32+,33+,34?,41-,42+,43?/m1/s1. The molecule has 19 nitrogen and oxygen atoms in total. The van der Waals surface area contributed by atoms with Crippen molar-refractivity contribution >= 4 is 35.7 Å². The summed E-state index contributed by atoms with van der Waals surface area (Å²) in [7, 11) is 0. The van der Waals surface area contributed by atoms with E-state index in [-0.39, 0.29) is 102 Å². The SMILES string of the molecule is C[C@H](CCC(=O)O)[C@H]1CC[C@H]2[C@@H]3CCC4CC(O)(NC(=O)CNCCCNC(=O)CN5CCN(CC(=O)O)CCN(CC(=O)O)CCN5CC(=O)O)C(O)C[C@]4(C)[C@H]3CC[C@]12C. The predicted octanol–water partition coefficient (Wildman–Crippen LogP) is 0.408. The number of aliphatic carboxylic acids is 4. The largest absolute Gasteiger partial charge is 0.481 e. The van der Waals surface area contributed by atoms with Gasteiger partial charge in [-0.3, -0.25) is 38.6 Å². The van der Waals surface area contributed by atoms with Crippen LogP contribution in [-0.4, -0.2) is 183 Å². The molecule has 4 aliphatic carbocycles. The number of aliphatic hydroxyl groups is 2. The number of fused-ring (bicyclic) bond motifs is 5. The predicted molar refractivity (Wildman–Crippen MR) is 225 cm³/mol. The van der Waals surface area contributed by atoms with Crippen LogP contribution in [0.5, 0.6) is 0 Å². The van der Waals surface area contributed by atoms with Gasteiger partial charge in [-0.25, -0.2) is 10.0 Å². The number of hydrogen-bond donors (Lipinski definition) is 9. The molecule has 0 aromatic carbocycles. The normalized spacial score (nSPS) is 34.2. The molecule has 62 heavy (non-hydrogen) atoms. The molecule has 10 atom stereocenters. The Hall–Kier alpha value is -3.46. The number of carboxylic acids is 4. The van der Waals surface area contributed by atoms with Gasteiger partial charge in [-0.15, -0.1) is 0 Å². The van der Waals surface area contributed by atoms with Gasteiger partial charge in [0.05, 0.1) is 26.2 Å². The highest BCUT2D eigenvalue weighted by Crippen LogP contribution is 2.68. The maximum absolute atomic E-state index is 13.1. The zero-order valence-electron chi connectivity index (χ0n) is 36.9. The van der Waals surface area contributed by atoms with Crippen molar-refractivity contribution in [1.82, 2.24) is 35.8 Å². The van der Waals surface area contributed by atoms with Crippen LogP contribution in [0.15, 0.2) is 0 Å². The first-order chi connectivity index (χ1) is 29.2. The second-order valence-electron chi connectivity index (χ2n) is 19.6. The van der Waals surface area contributed by atoms with Gasteiger partial charge < -0.3 is 46.6 Å². The summed E-state index contributed by atoms with van der Waals surface area (Å²) in [5, 5.41) is 72.4. The molecule has 0 aromatic heterocycles. The summed E-state index contributed by atoms with van der Waals surface area (Å²) in [5.41, 5.74) is -1.73. The molecule has 0 bridgehead atoms. The van der Waals surface area contributed by atoms with Crippen molar-refractivity contribution in [3.63, 3.8) is 0 Å². The third kappa shape index (κ3) is 12.4. The van der Waals surface area contributed by atoms with Crippen molar-refractivity contribution in [1.29, 1.82) is 0 Å². The first-order valence-corrected chi connectivity index (χ1v) is 22.7. The van der Waals surface area contributed by atoms with Gasteiger partial charge >= 0.3 is 23.9 Å². The molecule has 5 fully saturated rings. The molecule has 0 aromatic rings. The van der Waals surface area contributed by atoms with Gasteiger partial charge in [0.25, 0.3) is 0 Å². The van der Waals surface area contributed by atoms with E-state index in [2.05, 4.69) is 36.7 Å². The molecule has 5 rings (SSSR count). The summed E-state index contributed by atoms with van der Waals surface area (Å²) in [5.74, 6) is -2.31. The molecule has 1 aliphatic heterocycles. The Kier molecular flexibility index (Phi) is 17.2. The third-order valence-corrected chi connectivity index (χ3v) is 15.7. The fourth-order valence-electron chi connectivity index (χ4n) is 12.6. The van der Waals surface area contributed by atoms with Crippen molar-refractivity contribution in [3.05, 3.63) is 0 Å². The first kappa shape index (κ1) is 49.6. The molecule has 19 heteroatoms. The second kappa shape index (κ2) is 21.5. The van der Waals surface area contributed by atoms with Gasteiger partial charge in [0, 0.05) is 58.7 Å². The molecule has 352 valence electrons. The number of amides is 2. The number of carboxylic acid groups (broad SMARTS) is 4. The lowest BCUT2D eigenvalue weighted by atomic mass is 9.43. The zero-order chi connectivity index (χ0) is 45.4. The van der Waals surface area contributed by atoms with Crippen molar-refractivity contribution in [2.75, 3.05) is 85.1 Å². The van der Waals surface area contributed by atoms with E-state index in [0.29, 0.717) is 55.4 Å². The number of rotatable bonds is 19. The van der Waals surface area contributed by atoms with Crippen LogP contribution >= 0.6 is 0 Å². The zero-order valence-corrected chi connectivity index (χ0v) is 36.9. The van der Waals surface area contributed by atoms with Gasteiger partial charge in [0.2, 0.25) is 11.8 Å². The van der Waals surface area contributed by atoms with Gasteiger partial charge in [0.15, 0.2) is 5.72 Å². The minimum absolute atomic E-state index is 0.106. The summed E-state index contributed by atoms with van der Waals surface area (Å²) < 4.78 is 0. The average Bonchev–Trinajstić information content (AvgIpc) is 3.54. The third-order valence-electron chi connectivity index (χ3n) is 15.7. The van der Waals surface area contributed by atoms with Gasteiger partial charge in [-0.1, -0.05) is 20.8 Å². The lowest BCUT2D eigenvalue weighted by Crippen LogP contribution is -2.66. The number of hydrazine groups is 1. The van der Waals surface area contributed by atoms with Gasteiger partial charge in [-0.2, -0.15) is 0 Å². The van der Waals surface area contributed by atoms with Crippen LogP contribution < -0.4 is 16.0 Å². The highest BCUT2D eigenvalue weighted by atomic mass is 16.4. The number of hydrogen-bond acceptors (Lipinski definition) is 13. The van der Waals surface area contributed by atoms with Crippen LogP contribution in [0, 0.1) is 46.3 Å². The molecular weight excluding hydrogens is 807 g/mol.